The highest BCUT2D eigenvalue weighted by molar-refractivity contribution is 7.90. The highest BCUT2D eigenvalue weighted by Crippen LogP contribution is 2.22. The van der Waals surface area contributed by atoms with E-state index in [0.29, 0.717) is 12.4 Å². The zero-order valence-corrected chi connectivity index (χ0v) is 11.0. The molecule has 0 unspecified atom stereocenters. The first-order chi connectivity index (χ1) is 7.09. The zero-order chi connectivity index (χ0) is 12.6. The molecule has 1 aromatic rings. The van der Waals surface area contributed by atoms with Gasteiger partial charge in [-0.1, -0.05) is 20.8 Å². The van der Waals surface area contributed by atoms with E-state index in [1.54, 1.807) is 10.7 Å². The van der Waals surface area contributed by atoms with Crippen molar-refractivity contribution in [2.24, 2.45) is 0 Å². The van der Waals surface area contributed by atoms with Gasteiger partial charge in [-0.3, -0.25) is 0 Å². The lowest BCUT2D eigenvalue weighted by Gasteiger charge is -2.14. The largest absolute Gasteiger partial charge is 0.384 e. The number of nitrogens with zero attached hydrogens (tertiary/aromatic N) is 2. The molecule has 16 heavy (non-hydrogen) atoms. The van der Waals surface area contributed by atoms with Crippen LogP contribution in [0, 0.1) is 0 Å². The summed E-state index contributed by atoms with van der Waals surface area (Å²) in [7, 11) is -2.98. The third-order valence-corrected chi connectivity index (χ3v) is 3.18. The summed E-state index contributed by atoms with van der Waals surface area (Å²) in [6, 6.07) is 1.79. The van der Waals surface area contributed by atoms with Crippen molar-refractivity contribution in [1.82, 2.24) is 9.78 Å². The summed E-state index contributed by atoms with van der Waals surface area (Å²) in [5.74, 6) is 0.566. The number of sulfone groups is 1. The molecule has 0 bridgehead atoms. The monoisotopic (exact) mass is 245 g/mol. The van der Waals surface area contributed by atoms with Crippen LogP contribution in [0.1, 0.15) is 26.5 Å². The Kier molecular flexibility index (Phi) is 3.33. The first-order valence-corrected chi connectivity index (χ1v) is 7.17. The van der Waals surface area contributed by atoms with Gasteiger partial charge in [-0.15, -0.1) is 0 Å². The van der Waals surface area contributed by atoms with E-state index in [1.807, 2.05) is 20.8 Å². The molecular formula is C10H19N3O2S. The van der Waals surface area contributed by atoms with Gasteiger partial charge in [-0.2, -0.15) is 5.10 Å². The van der Waals surface area contributed by atoms with Crippen LogP contribution in [-0.4, -0.2) is 30.2 Å². The van der Waals surface area contributed by atoms with Crippen molar-refractivity contribution < 1.29 is 8.42 Å². The van der Waals surface area contributed by atoms with Crippen LogP contribution < -0.4 is 5.73 Å². The van der Waals surface area contributed by atoms with Crippen LogP contribution in [0.4, 0.5) is 5.82 Å². The number of nitrogens with two attached hydrogens (primary N) is 1. The minimum Gasteiger partial charge on any atom is -0.384 e. The van der Waals surface area contributed by atoms with Crippen LogP contribution in [-0.2, 0) is 21.8 Å². The normalized spacial score (nSPS) is 13.0. The number of anilines is 1. The molecule has 0 aliphatic heterocycles. The van der Waals surface area contributed by atoms with Gasteiger partial charge in [0.15, 0.2) is 0 Å². The van der Waals surface area contributed by atoms with Gasteiger partial charge in [0.25, 0.3) is 0 Å². The van der Waals surface area contributed by atoms with Crippen LogP contribution >= 0.6 is 0 Å². The van der Waals surface area contributed by atoms with E-state index in [4.69, 9.17) is 5.73 Å². The Bertz CT molecular complexity index is 469. The maximum atomic E-state index is 11.0. The molecule has 0 saturated heterocycles. The first-order valence-electron chi connectivity index (χ1n) is 5.11. The van der Waals surface area contributed by atoms with Crippen LogP contribution in [0.15, 0.2) is 6.07 Å². The smallest absolute Gasteiger partial charge is 0.149 e. The molecule has 0 amide bonds. The standard InChI is InChI=1S/C10H19N3O2S/c1-10(2,3)8-7-9(11)13(12-8)5-6-16(4,14)15/h7H,5-6,11H2,1-4H3. The second-order valence-electron chi connectivity index (χ2n) is 5.06. The average molecular weight is 245 g/mol. The SMILES string of the molecule is CC(C)(C)c1cc(N)n(CCS(C)(=O)=O)n1. The zero-order valence-electron chi connectivity index (χ0n) is 10.2. The summed E-state index contributed by atoms with van der Waals surface area (Å²) in [5.41, 5.74) is 6.57. The number of hydrogen-bond donors (Lipinski definition) is 1. The Balaban J connectivity index is 2.87. The molecule has 0 aliphatic rings. The van der Waals surface area contributed by atoms with Gasteiger partial charge >= 0.3 is 0 Å². The van der Waals surface area contributed by atoms with E-state index in [2.05, 4.69) is 5.10 Å². The molecule has 0 aromatic carbocycles. The molecule has 1 heterocycles. The molecule has 0 radical (unpaired) electrons. The van der Waals surface area contributed by atoms with Crippen molar-refractivity contribution >= 4 is 15.7 Å². The Labute approximate surface area is 96.6 Å². The lowest BCUT2D eigenvalue weighted by atomic mass is 9.92. The lowest BCUT2D eigenvalue weighted by Crippen LogP contribution is -2.16. The molecule has 1 aromatic heterocycles. The Hall–Kier alpha value is -1.04. The third-order valence-electron chi connectivity index (χ3n) is 2.25. The maximum absolute atomic E-state index is 11.0. The third kappa shape index (κ3) is 3.52. The van der Waals surface area contributed by atoms with Crippen LogP contribution in [0.3, 0.4) is 0 Å². The van der Waals surface area contributed by atoms with Crippen LogP contribution in [0.2, 0.25) is 0 Å². The topological polar surface area (TPSA) is 78.0 Å². The fraction of sp³-hybridized carbons (Fsp3) is 0.700. The highest BCUT2D eigenvalue weighted by atomic mass is 32.2. The molecular weight excluding hydrogens is 226 g/mol. The number of aryl methyl sites for hydroxylation is 1. The van der Waals surface area contributed by atoms with Gasteiger partial charge in [0.1, 0.15) is 15.7 Å². The van der Waals surface area contributed by atoms with E-state index >= 15 is 0 Å². The van der Waals surface area contributed by atoms with Crippen molar-refractivity contribution in [3.8, 4) is 0 Å². The van der Waals surface area contributed by atoms with Crippen molar-refractivity contribution in [2.45, 2.75) is 32.7 Å². The number of aromatic nitrogens is 2. The predicted octanol–water partition coefficient (Wildman–Crippen LogP) is 0.807. The molecule has 92 valence electrons. The summed E-state index contributed by atoms with van der Waals surface area (Å²) in [5, 5.41) is 4.31. The molecule has 5 nitrogen and oxygen atoms in total. The van der Waals surface area contributed by atoms with E-state index < -0.39 is 9.84 Å². The van der Waals surface area contributed by atoms with Gasteiger partial charge in [0.2, 0.25) is 0 Å². The predicted molar refractivity (Wildman–Crippen MR) is 65.1 cm³/mol. The second-order valence-corrected chi connectivity index (χ2v) is 7.32. The number of rotatable bonds is 3. The maximum Gasteiger partial charge on any atom is 0.149 e. The molecule has 0 atom stereocenters. The number of nitrogen functional groups attached to an aromatic ring is 1. The number of hydrogen-bond acceptors (Lipinski definition) is 4. The average Bonchev–Trinajstić information content (AvgIpc) is 2.41. The molecule has 0 fully saturated rings. The van der Waals surface area contributed by atoms with Crippen molar-refractivity contribution in [3.05, 3.63) is 11.8 Å². The van der Waals surface area contributed by atoms with Gasteiger partial charge in [-0.25, -0.2) is 13.1 Å². The van der Waals surface area contributed by atoms with Crippen LogP contribution in [0.5, 0.6) is 0 Å². The molecule has 0 spiro atoms. The van der Waals surface area contributed by atoms with Gasteiger partial charge < -0.3 is 5.73 Å². The van der Waals surface area contributed by atoms with Crippen LogP contribution in [0.25, 0.3) is 0 Å². The molecule has 6 heteroatoms. The minimum atomic E-state index is -2.98. The summed E-state index contributed by atoms with van der Waals surface area (Å²) in [4.78, 5) is 0. The highest BCUT2D eigenvalue weighted by Gasteiger charge is 2.19. The summed E-state index contributed by atoms with van der Waals surface area (Å²) in [6.45, 7) is 6.42. The molecule has 0 saturated carbocycles. The Morgan fingerprint density at radius 3 is 2.38 bits per heavy atom. The first kappa shape index (κ1) is 13.0. The van der Waals surface area contributed by atoms with Gasteiger partial charge in [-0.05, 0) is 0 Å². The summed E-state index contributed by atoms with van der Waals surface area (Å²) in [6.07, 6.45) is 1.21. The summed E-state index contributed by atoms with van der Waals surface area (Å²) >= 11 is 0. The van der Waals surface area contributed by atoms with Crippen molar-refractivity contribution in [1.29, 1.82) is 0 Å². The van der Waals surface area contributed by atoms with E-state index in [-0.39, 0.29) is 11.2 Å². The minimum absolute atomic E-state index is 0.0580. The Morgan fingerprint density at radius 2 is 2.00 bits per heavy atom. The molecule has 2 N–H and O–H groups in total. The van der Waals surface area contributed by atoms with E-state index in [0.717, 1.165) is 5.69 Å². The van der Waals surface area contributed by atoms with E-state index in [9.17, 15) is 8.42 Å². The quantitative estimate of drug-likeness (QED) is 0.854. The fourth-order valence-electron chi connectivity index (χ4n) is 1.23. The lowest BCUT2D eigenvalue weighted by molar-refractivity contribution is 0.539. The molecule has 0 aliphatic carbocycles. The van der Waals surface area contributed by atoms with Gasteiger partial charge in [0, 0.05) is 17.7 Å². The van der Waals surface area contributed by atoms with E-state index in [1.165, 1.54) is 6.26 Å². The molecule has 1 rings (SSSR count). The second kappa shape index (κ2) is 4.08. The van der Waals surface area contributed by atoms with Gasteiger partial charge in [0.05, 0.1) is 18.0 Å². The fourth-order valence-corrected chi connectivity index (χ4v) is 1.73. The van der Waals surface area contributed by atoms with Crippen molar-refractivity contribution in [2.75, 3.05) is 17.7 Å². The summed E-state index contributed by atoms with van der Waals surface area (Å²) < 4.78 is 23.6. The Morgan fingerprint density at radius 1 is 1.44 bits per heavy atom. The van der Waals surface area contributed by atoms with Crippen molar-refractivity contribution in [3.63, 3.8) is 0 Å².